The number of halogens is 1. The van der Waals surface area contributed by atoms with Gasteiger partial charge >= 0.3 is 0 Å². The highest BCUT2D eigenvalue weighted by Gasteiger charge is 2.19. The van der Waals surface area contributed by atoms with Crippen LogP contribution in [0.2, 0.25) is 5.02 Å². The van der Waals surface area contributed by atoms with E-state index in [-0.39, 0.29) is 21.8 Å². The molecule has 0 saturated heterocycles. The molecule has 1 aromatic carbocycles. The molecule has 0 amide bonds. The Morgan fingerprint density at radius 3 is 2.65 bits per heavy atom. The molecule has 6 nitrogen and oxygen atoms in total. The van der Waals surface area contributed by atoms with Crippen LogP contribution in [0.4, 0.5) is 5.95 Å². The average Bonchev–Trinajstić information content (AvgIpc) is 2.63. The summed E-state index contributed by atoms with van der Waals surface area (Å²) in [5.41, 5.74) is 0. The van der Waals surface area contributed by atoms with E-state index >= 15 is 0 Å². The van der Waals surface area contributed by atoms with E-state index in [0.717, 1.165) is 0 Å². The molecule has 1 aromatic heterocycles. The Balaban J connectivity index is 2.35. The van der Waals surface area contributed by atoms with Crippen LogP contribution >= 0.6 is 11.6 Å². The van der Waals surface area contributed by atoms with E-state index in [4.69, 9.17) is 11.6 Å². The number of nitrogens with one attached hydrogen (secondary N) is 1. The van der Waals surface area contributed by atoms with Crippen molar-refractivity contribution in [3.05, 3.63) is 35.2 Å². The van der Waals surface area contributed by atoms with Crippen molar-refractivity contribution < 1.29 is 12.9 Å². The van der Waals surface area contributed by atoms with Gasteiger partial charge in [-0.1, -0.05) is 23.7 Å². The Hall–Kier alpha value is -1.60. The lowest BCUT2D eigenvalue weighted by molar-refractivity contribution is 0.395. The van der Waals surface area contributed by atoms with Crippen molar-refractivity contribution in [1.29, 1.82) is 0 Å². The summed E-state index contributed by atoms with van der Waals surface area (Å²) in [5, 5.41) is 3.56. The number of aryl methyl sites for hydroxylation is 1. The van der Waals surface area contributed by atoms with Gasteiger partial charge in [-0.15, -0.1) is 0 Å². The first-order valence-corrected chi connectivity index (χ1v) is 6.43. The standard InChI is InChI=1S/C9H8ClN3O3S/c1-6-11-9(12-16-6)13-17(14,15)8-5-3-2-4-7(8)10/h2-5H,1H3,(H,12,13). The van der Waals surface area contributed by atoms with Gasteiger partial charge in [0.25, 0.3) is 16.0 Å². The van der Waals surface area contributed by atoms with Crippen molar-refractivity contribution in [3.63, 3.8) is 0 Å². The van der Waals surface area contributed by atoms with E-state index < -0.39 is 10.0 Å². The van der Waals surface area contributed by atoms with Crippen LogP contribution in [0.15, 0.2) is 33.7 Å². The Kier molecular flexibility index (Phi) is 3.03. The molecule has 1 N–H and O–H groups in total. The number of sulfonamides is 1. The molecule has 0 spiro atoms. The summed E-state index contributed by atoms with van der Waals surface area (Å²) in [6.07, 6.45) is 0. The van der Waals surface area contributed by atoms with Crippen molar-refractivity contribution >= 4 is 27.6 Å². The maximum absolute atomic E-state index is 11.9. The third kappa shape index (κ3) is 2.56. The minimum absolute atomic E-state index is 0.0379. The predicted molar refractivity (Wildman–Crippen MR) is 61.3 cm³/mol. The van der Waals surface area contributed by atoms with Crippen LogP contribution in [0.25, 0.3) is 0 Å². The Bertz CT molecular complexity index is 638. The van der Waals surface area contributed by atoms with Crippen LogP contribution in [0.1, 0.15) is 5.89 Å². The summed E-state index contributed by atoms with van der Waals surface area (Å²) in [5.74, 6) is 0.143. The number of hydrogen-bond acceptors (Lipinski definition) is 5. The first-order valence-electron chi connectivity index (χ1n) is 4.57. The minimum atomic E-state index is -3.80. The van der Waals surface area contributed by atoms with Gasteiger partial charge in [0.1, 0.15) is 4.90 Å². The van der Waals surface area contributed by atoms with Crippen LogP contribution in [0, 0.1) is 6.92 Å². The van der Waals surface area contributed by atoms with Gasteiger partial charge in [-0.25, -0.2) is 13.1 Å². The lowest BCUT2D eigenvalue weighted by atomic mass is 10.4. The molecule has 1 heterocycles. The lowest BCUT2D eigenvalue weighted by Crippen LogP contribution is -2.14. The number of nitrogens with zero attached hydrogens (tertiary/aromatic N) is 2. The van der Waals surface area contributed by atoms with E-state index in [9.17, 15) is 8.42 Å². The number of aromatic nitrogens is 2. The average molecular weight is 274 g/mol. The highest BCUT2D eigenvalue weighted by Crippen LogP contribution is 2.22. The molecule has 90 valence electrons. The van der Waals surface area contributed by atoms with Crippen molar-refractivity contribution in [3.8, 4) is 0 Å². The quantitative estimate of drug-likeness (QED) is 0.922. The van der Waals surface area contributed by atoms with Gasteiger partial charge in [-0.2, -0.15) is 4.98 Å². The van der Waals surface area contributed by atoms with E-state index in [2.05, 4.69) is 19.4 Å². The van der Waals surface area contributed by atoms with E-state index in [1.807, 2.05) is 0 Å². The van der Waals surface area contributed by atoms with Crippen molar-refractivity contribution in [1.82, 2.24) is 10.1 Å². The summed E-state index contributed by atoms with van der Waals surface area (Å²) < 4.78 is 30.7. The number of benzene rings is 1. The van der Waals surface area contributed by atoms with Crippen LogP contribution in [0.3, 0.4) is 0 Å². The zero-order valence-corrected chi connectivity index (χ0v) is 10.3. The second kappa shape index (κ2) is 4.34. The molecular weight excluding hydrogens is 266 g/mol. The Labute approximate surface area is 103 Å². The SMILES string of the molecule is Cc1nc(NS(=O)(=O)c2ccccc2Cl)no1. The van der Waals surface area contributed by atoms with Gasteiger partial charge in [0, 0.05) is 6.92 Å². The molecular formula is C9H8ClN3O3S. The normalized spacial score (nSPS) is 11.4. The molecule has 0 aliphatic carbocycles. The topological polar surface area (TPSA) is 85.1 Å². The highest BCUT2D eigenvalue weighted by molar-refractivity contribution is 7.92. The minimum Gasteiger partial charge on any atom is -0.338 e. The van der Waals surface area contributed by atoms with Crippen molar-refractivity contribution in [2.75, 3.05) is 4.72 Å². The van der Waals surface area contributed by atoms with Gasteiger partial charge in [0.15, 0.2) is 0 Å². The summed E-state index contributed by atoms with van der Waals surface area (Å²) in [4.78, 5) is 3.70. The summed E-state index contributed by atoms with van der Waals surface area (Å²) in [7, 11) is -3.80. The fourth-order valence-electron chi connectivity index (χ4n) is 1.18. The summed E-state index contributed by atoms with van der Waals surface area (Å²) in [6, 6.07) is 6.08. The molecule has 0 unspecified atom stereocenters. The molecule has 0 radical (unpaired) electrons. The number of anilines is 1. The highest BCUT2D eigenvalue weighted by atomic mass is 35.5. The monoisotopic (exact) mass is 273 g/mol. The number of rotatable bonds is 3. The smallest absolute Gasteiger partial charge is 0.277 e. The zero-order valence-electron chi connectivity index (χ0n) is 8.71. The molecule has 0 fully saturated rings. The lowest BCUT2D eigenvalue weighted by Gasteiger charge is -2.05. The molecule has 0 aliphatic heterocycles. The molecule has 0 atom stereocenters. The van der Waals surface area contributed by atoms with E-state index in [1.165, 1.54) is 12.1 Å². The maximum Gasteiger partial charge on any atom is 0.277 e. The zero-order chi connectivity index (χ0) is 12.5. The van der Waals surface area contributed by atoms with Crippen LogP contribution in [-0.4, -0.2) is 18.6 Å². The number of hydrogen-bond donors (Lipinski definition) is 1. The third-order valence-corrected chi connectivity index (χ3v) is 3.71. The molecule has 0 aliphatic rings. The van der Waals surface area contributed by atoms with Crippen molar-refractivity contribution in [2.45, 2.75) is 11.8 Å². The largest absolute Gasteiger partial charge is 0.338 e. The maximum atomic E-state index is 11.9. The van der Waals surface area contributed by atoms with Gasteiger partial charge in [-0.05, 0) is 17.3 Å². The predicted octanol–water partition coefficient (Wildman–Crippen LogP) is 1.83. The van der Waals surface area contributed by atoms with E-state index in [1.54, 1.807) is 19.1 Å². The second-order valence-electron chi connectivity index (χ2n) is 3.17. The van der Waals surface area contributed by atoms with Gasteiger partial charge in [0.05, 0.1) is 5.02 Å². The first-order chi connectivity index (χ1) is 7.99. The Morgan fingerprint density at radius 2 is 2.06 bits per heavy atom. The fourth-order valence-corrected chi connectivity index (χ4v) is 2.63. The third-order valence-electron chi connectivity index (χ3n) is 1.88. The van der Waals surface area contributed by atoms with Crippen LogP contribution < -0.4 is 4.72 Å². The van der Waals surface area contributed by atoms with Gasteiger partial charge in [-0.3, -0.25) is 0 Å². The van der Waals surface area contributed by atoms with Crippen molar-refractivity contribution in [2.24, 2.45) is 0 Å². The molecule has 8 heteroatoms. The fraction of sp³-hybridized carbons (Fsp3) is 0.111. The molecule has 0 saturated carbocycles. The molecule has 17 heavy (non-hydrogen) atoms. The van der Waals surface area contributed by atoms with Crippen LogP contribution in [-0.2, 0) is 10.0 Å². The van der Waals surface area contributed by atoms with Crippen LogP contribution in [0.5, 0.6) is 0 Å². The molecule has 0 bridgehead atoms. The van der Waals surface area contributed by atoms with Gasteiger partial charge in [0.2, 0.25) is 5.89 Å². The Morgan fingerprint density at radius 1 is 1.35 bits per heavy atom. The first kappa shape index (κ1) is 11.9. The molecule has 2 aromatic rings. The molecule has 2 rings (SSSR count). The summed E-state index contributed by atoms with van der Waals surface area (Å²) >= 11 is 5.80. The second-order valence-corrected chi connectivity index (χ2v) is 5.23. The van der Waals surface area contributed by atoms with Gasteiger partial charge < -0.3 is 4.52 Å². The summed E-state index contributed by atoms with van der Waals surface area (Å²) in [6.45, 7) is 1.56. The van der Waals surface area contributed by atoms with E-state index in [0.29, 0.717) is 0 Å².